The van der Waals surface area contributed by atoms with Crippen molar-refractivity contribution in [2.24, 2.45) is 0 Å². The van der Waals surface area contributed by atoms with Crippen LogP contribution in [0.5, 0.6) is 0 Å². The van der Waals surface area contributed by atoms with Gasteiger partial charge in [-0.1, -0.05) is 18.3 Å². The fourth-order valence-electron chi connectivity index (χ4n) is 2.66. The fraction of sp³-hybridized carbons (Fsp3) is 0.692. The second-order valence-corrected chi connectivity index (χ2v) is 6.00. The molecular weight excluding hydrogens is 262 g/mol. The molecule has 2 heterocycles. The summed E-state index contributed by atoms with van der Waals surface area (Å²) >= 11 is 1.26. The first-order chi connectivity index (χ1) is 9.02. The number of likely N-dealkylation sites (N-methyl/N-ethyl adjacent to an activating group) is 2. The van der Waals surface area contributed by atoms with Gasteiger partial charge in [-0.15, -0.1) is 0 Å². The van der Waals surface area contributed by atoms with E-state index in [4.69, 9.17) is 5.11 Å². The van der Waals surface area contributed by atoms with Gasteiger partial charge in [0.1, 0.15) is 4.88 Å². The van der Waals surface area contributed by atoms with E-state index in [0.29, 0.717) is 16.6 Å². The van der Waals surface area contributed by atoms with E-state index in [1.165, 1.54) is 30.7 Å². The molecule has 1 aromatic rings. The van der Waals surface area contributed by atoms with Crippen molar-refractivity contribution in [3.63, 3.8) is 0 Å². The predicted molar refractivity (Wildman–Crippen MR) is 77.3 cm³/mol. The van der Waals surface area contributed by atoms with Crippen molar-refractivity contribution in [1.82, 2.24) is 9.88 Å². The van der Waals surface area contributed by atoms with Gasteiger partial charge in [0.2, 0.25) is 0 Å². The third kappa shape index (κ3) is 3.06. The maximum Gasteiger partial charge on any atom is 0.347 e. The van der Waals surface area contributed by atoms with Crippen LogP contribution in [0.4, 0.5) is 5.13 Å². The van der Waals surface area contributed by atoms with Crippen LogP contribution in [0.25, 0.3) is 0 Å². The quantitative estimate of drug-likeness (QED) is 0.896. The summed E-state index contributed by atoms with van der Waals surface area (Å²) in [6, 6.07) is 0.562. The number of thiazole rings is 1. The van der Waals surface area contributed by atoms with Crippen molar-refractivity contribution >= 4 is 22.4 Å². The first-order valence-electron chi connectivity index (χ1n) is 6.68. The van der Waals surface area contributed by atoms with Gasteiger partial charge in [-0.2, -0.15) is 0 Å². The molecule has 2 rings (SSSR count). The molecule has 0 bridgehead atoms. The van der Waals surface area contributed by atoms with Gasteiger partial charge in [-0.05, 0) is 32.9 Å². The molecule has 0 spiro atoms. The number of aromatic nitrogens is 1. The summed E-state index contributed by atoms with van der Waals surface area (Å²) in [5.41, 5.74) is 0.609. The average molecular weight is 283 g/mol. The summed E-state index contributed by atoms with van der Waals surface area (Å²) in [4.78, 5) is 20.3. The number of aromatic carboxylic acids is 1. The van der Waals surface area contributed by atoms with Crippen molar-refractivity contribution < 1.29 is 9.90 Å². The lowest BCUT2D eigenvalue weighted by Crippen LogP contribution is -2.38. The molecule has 1 saturated heterocycles. The molecule has 0 aromatic carbocycles. The number of carbonyl (C=O) groups is 1. The molecule has 5 nitrogen and oxygen atoms in total. The normalized spacial score (nSPS) is 19.8. The zero-order chi connectivity index (χ0) is 14.0. The standard InChI is InChI=1S/C13H21N3O2S/c1-4-16-7-5-6-10(16)8-15(3)13-14-9(2)11(19-13)12(17)18/h10H,4-8H2,1-3H3,(H,17,18). The Labute approximate surface area is 117 Å². The Morgan fingerprint density at radius 3 is 2.95 bits per heavy atom. The van der Waals surface area contributed by atoms with E-state index in [2.05, 4.69) is 21.7 Å². The Bertz CT molecular complexity index is 461. The zero-order valence-corrected chi connectivity index (χ0v) is 12.5. The van der Waals surface area contributed by atoms with E-state index in [0.717, 1.165) is 18.2 Å². The van der Waals surface area contributed by atoms with E-state index < -0.39 is 5.97 Å². The van der Waals surface area contributed by atoms with Gasteiger partial charge in [0.25, 0.3) is 0 Å². The number of carboxylic acid groups (broad SMARTS) is 1. The lowest BCUT2D eigenvalue weighted by molar-refractivity contribution is 0.0701. The van der Waals surface area contributed by atoms with Crippen LogP contribution in [0.2, 0.25) is 0 Å². The zero-order valence-electron chi connectivity index (χ0n) is 11.7. The molecule has 19 heavy (non-hydrogen) atoms. The van der Waals surface area contributed by atoms with Gasteiger partial charge in [0.15, 0.2) is 5.13 Å². The molecule has 6 heteroatoms. The molecule has 1 unspecified atom stereocenters. The van der Waals surface area contributed by atoms with E-state index in [9.17, 15) is 4.79 Å². The molecule has 106 valence electrons. The molecule has 1 aliphatic heterocycles. The number of likely N-dealkylation sites (tertiary alicyclic amines) is 1. The highest BCUT2D eigenvalue weighted by Crippen LogP contribution is 2.27. The molecular formula is C13H21N3O2S. The second-order valence-electron chi connectivity index (χ2n) is 5.02. The first kappa shape index (κ1) is 14.3. The molecule has 0 amide bonds. The lowest BCUT2D eigenvalue weighted by Gasteiger charge is -2.27. The van der Waals surface area contributed by atoms with E-state index >= 15 is 0 Å². The number of hydrogen-bond donors (Lipinski definition) is 1. The number of carboxylic acids is 1. The summed E-state index contributed by atoms with van der Waals surface area (Å²) in [6.45, 7) is 7.11. The maximum absolute atomic E-state index is 11.0. The van der Waals surface area contributed by atoms with Crippen molar-refractivity contribution in [3.05, 3.63) is 10.6 Å². The first-order valence-corrected chi connectivity index (χ1v) is 7.50. The average Bonchev–Trinajstić information content (AvgIpc) is 2.95. The van der Waals surface area contributed by atoms with E-state index in [-0.39, 0.29) is 0 Å². The Morgan fingerprint density at radius 2 is 2.37 bits per heavy atom. The number of nitrogens with zero attached hydrogens (tertiary/aromatic N) is 3. The Hall–Kier alpha value is -1.14. The topological polar surface area (TPSA) is 56.7 Å². The number of anilines is 1. The Morgan fingerprint density at radius 1 is 1.63 bits per heavy atom. The molecule has 0 aliphatic carbocycles. The predicted octanol–water partition coefficient (Wildman–Crippen LogP) is 2.07. The van der Waals surface area contributed by atoms with Gasteiger partial charge in [0.05, 0.1) is 5.69 Å². The minimum absolute atomic E-state index is 0.348. The highest BCUT2D eigenvalue weighted by molar-refractivity contribution is 7.17. The fourth-order valence-corrected chi connectivity index (χ4v) is 3.53. The third-order valence-corrected chi connectivity index (χ3v) is 4.96. The smallest absolute Gasteiger partial charge is 0.347 e. The SMILES string of the molecule is CCN1CCCC1CN(C)c1nc(C)c(C(=O)O)s1. The van der Waals surface area contributed by atoms with Crippen molar-refractivity contribution in [2.45, 2.75) is 32.7 Å². The van der Waals surface area contributed by atoms with Crippen LogP contribution >= 0.6 is 11.3 Å². The van der Waals surface area contributed by atoms with Crippen molar-refractivity contribution in [1.29, 1.82) is 0 Å². The third-order valence-electron chi connectivity index (χ3n) is 3.70. The second kappa shape index (κ2) is 5.88. The van der Waals surface area contributed by atoms with Gasteiger partial charge in [-0.3, -0.25) is 4.90 Å². The Kier molecular flexibility index (Phi) is 4.42. The monoisotopic (exact) mass is 283 g/mol. The highest BCUT2D eigenvalue weighted by atomic mass is 32.1. The van der Waals surface area contributed by atoms with Gasteiger partial charge in [-0.25, -0.2) is 9.78 Å². The van der Waals surface area contributed by atoms with Gasteiger partial charge >= 0.3 is 5.97 Å². The molecule has 1 atom stereocenters. The van der Waals surface area contributed by atoms with E-state index in [1.807, 2.05) is 7.05 Å². The minimum atomic E-state index is -0.884. The lowest BCUT2D eigenvalue weighted by atomic mass is 10.2. The summed E-state index contributed by atoms with van der Waals surface area (Å²) in [5.74, 6) is -0.884. The number of hydrogen-bond acceptors (Lipinski definition) is 5. The minimum Gasteiger partial charge on any atom is -0.477 e. The van der Waals surface area contributed by atoms with Crippen molar-refractivity contribution in [2.75, 3.05) is 31.6 Å². The molecule has 1 aliphatic rings. The van der Waals surface area contributed by atoms with Crippen LogP contribution in [0.1, 0.15) is 35.1 Å². The summed E-state index contributed by atoms with van der Waals surface area (Å²) in [5, 5.41) is 9.87. The summed E-state index contributed by atoms with van der Waals surface area (Å²) < 4.78 is 0. The Balaban J connectivity index is 2.05. The van der Waals surface area contributed by atoms with Crippen LogP contribution in [-0.4, -0.2) is 53.7 Å². The van der Waals surface area contributed by atoms with Crippen molar-refractivity contribution in [3.8, 4) is 0 Å². The van der Waals surface area contributed by atoms with Gasteiger partial charge in [0, 0.05) is 19.6 Å². The van der Waals surface area contributed by atoms with Gasteiger partial charge < -0.3 is 10.0 Å². The number of aryl methyl sites for hydroxylation is 1. The summed E-state index contributed by atoms with van der Waals surface area (Å²) in [7, 11) is 2.00. The largest absolute Gasteiger partial charge is 0.477 e. The van der Waals surface area contributed by atoms with E-state index in [1.54, 1.807) is 6.92 Å². The molecule has 0 saturated carbocycles. The number of rotatable bonds is 5. The summed E-state index contributed by atoms with van der Waals surface area (Å²) in [6.07, 6.45) is 2.47. The molecule has 1 N–H and O–H groups in total. The van der Waals surface area contributed by atoms with Crippen LogP contribution in [0.3, 0.4) is 0 Å². The van der Waals surface area contributed by atoms with Crippen LogP contribution in [0.15, 0.2) is 0 Å². The maximum atomic E-state index is 11.0. The highest BCUT2D eigenvalue weighted by Gasteiger charge is 2.25. The van der Waals surface area contributed by atoms with Crippen LogP contribution < -0.4 is 4.90 Å². The van der Waals surface area contributed by atoms with Crippen LogP contribution in [-0.2, 0) is 0 Å². The molecule has 1 aromatic heterocycles. The molecule has 1 fully saturated rings. The molecule has 0 radical (unpaired) electrons. The van der Waals surface area contributed by atoms with Crippen LogP contribution in [0, 0.1) is 6.92 Å².